The number of nitrogens with one attached hydrogen (secondary N) is 1. The zero-order chi connectivity index (χ0) is 16.3. The van der Waals surface area contributed by atoms with E-state index in [9.17, 15) is 14.0 Å². The third kappa shape index (κ3) is 4.25. The van der Waals surface area contributed by atoms with Crippen LogP contribution in [0, 0.1) is 5.82 Å². The van der Waals surface area contributed by atoms with Gasteiger partial charge in [-0.15, -0.1) is 0 Å². The van der Waals surface area contributed by atoms with Gasteiger partial charge in [-0.25, -0.2) is 9.07 Å². The summed E-state index contributed by atoms with van der Waals surface area (Å²) in [5, 5.41) is 6.94. The van der Waals surface area contributed by atoms with Crippen LogP contribution in [0.1, 0.15) is 20.8 Å². The first-order valence-electron chi connectivity index (χ1n) is 6.90. The maximum atomic E-state index is 12.9. The third-order valence-corrected chi connectivity index (χ3v) is 2.81. The first-order valence-corrected chi connectivity index (χ1v) is 6.90. The minimum atomic E-state index is -0.380. The summed E-state index contributed by atoms with van der Waals surface area (Å²) in [6.45, 7) is 5.41. The Morgan fingerprint density at radius 3 is 2.41 bits per heavy atom. The number of carbonyl (C=O) groups is 1. The van der Waals surface area contributed by atoms with E-state index in [1.54, 1.807) is 18.2 Å². The van der Waals surface area contributed by atoms with Gasteiger partial charge in [-0.1, -0.05) is 0 Å². The second-order valence-electron chi connectivity index (χ2n) is 6.02. The van der Waals surface area contributed by atoms with Gasteiger partial charge in [-0.2, -0.15) is 5.10 Å². The van der Waals surface area contributed by atoms with Crippen LogP contribution in [0.25, 0.3) is 11.3 Å². The standard InChI is InChI=1S/C16H18FN3O2/c1-16(2,3)18-14(21)10-20-15(22)9-8-13(19-20)11-4-6-12(17)7-5-11/h4-9H,10H2,1-3H3,(H,18,21). The normalized spacial score (nSPS) is 11.3. The third-order valence-electron chi connectivity index (χ3n) is 2.81. The number of rotatable bonds is 3. The predicted molar refractivity (Wildman–Crippen MR) is 81.8 cm³/mol. The molecule has 0 bridgehead atoms. The molecule has 0 aliphatic rings. The molecule has 2 rings (SSSR count). The molecular weight excluding hydrogens is 285 g/mol. The van der Waals surface area contributed by atoms with Crippen molar-refractivity contribution < 1.29 is 9.18 Å². The molecule has 0 spiro atoms. The lowest BCUT2D eigenvalue weighted by Gasteiger charge is -2.20. The highest BCUT2D eigenvalue weighted by Gasteiger charge is 2.15. The van der Waals surface area contributed by atoms with E-state index in [4.69, 9.17) is 0 Å². The highest BCUT2D eigenvalue weighted by Crippen LogP contribution is 2.15. The van der Waals surface area contributed by atoms with Crippen molar-refractivity contribution in [3.63, 3.8) is 0 Å². The van der Waals surface area contributed by atoms with E-state index in [1.807, 2.05) is 20.8 Å². The Bertz CT molecular complexity index is 730. The molecule has 0 atom stereocenters. The molecular formula is C16H18FN3O2. The smallest absolute Gasteiger partial charge is 0.267 e. The molecule has 0 fully saturated rings. The number of carbonyl (C=O) groups excluding carboxylic acids is 1. The number of amides is 1. The van der Waals surface area contributed by atoms with Crippen LogP contribution in [-0.2, 0) is 11.3 Å². The van der Waals surface area contributed by atoms with E-state index >= 15 is 0 Å². The van der Waals surface area contributed by atoms with Crippen molar-refractivity contribution >= 4 is 5.91 Å². The van der Waals surface area contributed by atoms with Crippen LogP contribution in [0.3, 0.4) is 0 Å². The molecule has 1 aromatic heterocycles. The molecule has 0 saturated carbocycles. The molecule has 1 heterocycles. The molecule has 1 N–H and O–H groups in total. The number of hydrogen-bond donors (Lipinski definition) is 1. The fraction of sp³-hybridized carbons (Fsp3) is 0.312. The number of halogens is 1. The monoisotopic (exact) mass is 303 g/mol. The van der Waals surface area contributed by atoms with E-state index in [0.717, 1.165) is 4.68 Å². The van der Waals surface area contributed by atoms with Gasteiger partial charge in [0.25, 0.3) is 5.56 Å². The van der Waals surface area contributed by atoms with Crippen molar-refractivity contribution in [2.75, 3.05) is 0 Å². The number of benzene rings is 1. The molecule has 6 heteroatoms. The zero-order valence-corrected chi connectivity index (χ0v) is 12.8. The Labute approximate surface area is 127 Å². The Hall–Kier alpha value is -2.50. The summed E-state index contributed by atoms with van der Waals surface area (Å²) in [6.07, 6.45) is 0. The molecule has 0 unspecified atom stereocenters. The number of aromatic nitrogens is 2. The summed E-state index contributed by atoms with van der Waals surface area (Å²) in [5.41, 5.74) is 0.430. The average Bonchev–Trinajstić information content (AvgIpc) is 2.40. The summed E-state index contributed by atoms with van der Waals surface area (Å²) in [4.78, 5) is 23.7. The van der Waals surface area contributed by atoms with E-state index in [0.29, 0.717) is 11.3 Å². The van der Waals surface area contributed by atoms with Crippen molar-refractivity contribution in [2.24, 2.45) is 0 Å². The SMILES string of the molecule is CC(C)(C)NC(=O)Cn1nc(-c2ccc(F)cc2)ccc1=O. The van der Waals surface area contributed by atoms with Gasteiger partial charge in [0.05, 0.1) is 5.69 Å². The Balaban J connectivity index is 2.26. The summed E-state index contributed by atoms with van der Waals surface area (Å²) in [7, 11) is 0. The van der Waals surface area contributed by atoms with Gasteiger partial charge in [0.1, 0.15) is 12.4 Å². The number of hydrogen-bond acceptors (Lipinski definition) is 3. The maximum Gasteiger partial charge on any atom is 0.267 e. The second-order valence-corrected chi connectivity index (χ2v) is 6.02. The van der Waals surface area contributed by atoms with Crippen molar-refractivity contribution in [3.8, 4) is 11.3 Å². The number of nitrogens with zero attached hydrogens (tertiary/aromatic N) is 2. The highest BCUT2D eigenvalue weighted by atomic mass is 19.1. The van der Waals surface area contributed by atoms with Crippen LogP contribution >= 0.6 is 0 Å². The van der Waals surface area contributed by atoms with Gasteiger partial charge < -0.3 is 5.32 Å². The molecule has 5 nitrogen and oxygen atoms in total. The van der Waals surface area contributed by atoms with Crippen LogP contribution < -0.4 is 10.9 Å². The van der Waals surface area contributed by atoms with Gasteiger partial charge in [0, 0.05) is 17.2 Å². The molecule has 0 saturated heterocycles. The second kappa shape index (κ2) is 6.09. The molecule has 1 amide bonds. The lowest BCUT2D eigenvalue weighted by molar-refractivity contribution is -0.123. The summed E-state index contributed by atoms with van der Waals surface area (Å²) in [6, 6.07) is 8.67. The molecule has 22 heavy (non-hydrogen) atoms. The van der Waals surface area contributed by atoms with Crippen molar-refractivity contribution in [2.45, 2.75) is 32.9 Å². The van der Waals surface area contributed by atoms with E-state index in [2.05, 4.69) is 10.4 Å². The largest absolute Gasteiger partial charge is 0.350 e. The van der Waals surface area contributed by atoms with Crippen molar-refractivity contribution in [3.05, 3.63) is 52.6 Å². The lowest BCUT2D eigenvalue weighted by Crippen LogP contribution is -2.43. The van der Waals surface area contributed by atoms with Crippen molar-refractivity contribution in [1.82, 2.24) is 15.1 Å². The van der Waals surface area contributed by atoms with Crippen LogP contribution in [0.15, 0.2) is 41.2 Å². The molecule has 2 aromatic rings. The predicted octanol–water partition coefficient (Wildman–Crippen LogP) is 1.96. The van der Waals surface area contributed by atoms with E-state index < -0.39 is 0 Å². The average molecular weight is 303 g/mol. The zero-order valence-electron chi connectivity index (χ0n) is 12.8. The van der Waals surface area contributed by atoms with Crippen molar-refractivity contribution in [1.29, 1.82) is 0 Å². The summed E-state index contributed by atoms with van der Waals surface area (Å²) < 4.78 is 14.0. The maximum absolute atomic E-state index is 12.9. The van der Waals surface area contributed by atoms with Gasteiger partial charge in [-0.05, 0) is 51.1 Å². The minimum Gasteiger partial charge on any atom is -0.350 e. The van der Waals surface area contributed by atoms with Crippen LogP contribution in [0.4, 0.5) is 4.39 Å². The summed E-state index contributed by atoms with van der Waals surface area (Å²) >= 11 is 0. The Kier molecular flexibility index (Phi) is 4.40. The van der Waals surface area contributed by atoms with Gasteiger partial charge in [0.2, 0.25) is 5.91 Å². The lowest BCUT2D eigenvalue weighted by atomic mass is 10.1. The van der Waals surface area contributed by atoms with E-state index in [-0.39, 0.29) is 29.4 Å². The molecule has 1 aromatic carbocycles. The molecule has 0 radical (unpaired) electrons. The van der Waals surface area contributed by atoms with Crippen LogP contribution in [0.2, 0.25) is 0 Å². The quantitative estimate of drug-likeness (QED) is 0.943. The fourth-order valence-electron chi connectivity index (χ4n) is 1.93. The Morgan fingerprint density at radius 1 is 1.18 bits per heavy atom. The molecule has 116 valence electrons. The fourth-order valence-corrected chi connectivity index (χ4v) is 1.93. The first kappa shape index (κ1) is 15.9. The summed E-state index contributed by atoms with van der Waals surface area (Å²) in [5.74, 6) is -0.639. The topological polar surface area (TPSA) is 64.0 Å². The van der Waals surface area contributed by atoms with Gasteiger partial charge in [0.15, 0.2) is 0 Å². The van der Waals surface area contributed by atoms with Gasteiger partial charge in [-0.3, -0.25) is 9.59 Å². The van der Waals surface area contributed by atoms with Crippen LogP contribution in [-0.4, -0.2) is 21.2 Å². The van der Waals surface area contributed by atoms with E-state index in [1.165, 1.54) is 18.2 Å². The molecule has 0 aliphatic carbocycles. The highest BCUT2D eigenvalue weighted by molar-refractivity contribution is 5.76. The minimum absolute atomic E-state index is 0.162. The van der Waals surface area contributed by atoms with Gasteiger partial charge >= 0.3 is 0 Å². The Morgan fingerprint density at radius 2 is 1.82 bits per heavy atom. The molecule has 0 aliphatic heterocycles. The first-order chi connectivity index (χ1) is 10.2. The van der Waals surface area contributed by atoms with Crippen LogP contribution in [0.5, 0.6) is 0 Å².